The fourth-order valence-corrected chi connectivity index (χ4v) is 3.58. The van der Waals surface area contributed by atoms with Crippen molar-refractivity contribution in [1.82, 2.24) is 20.5 Å². The molecule has 3 heterocycles. The van der Waals surface area contributed by atoms with Crippen molar-refractivity contribution in [3.8, 4) is 0 Å². The van der Waals surface area contributed by atoms with E-state index >= 15 is 0 Å². The van der Waals surface area contributed by atoms with Crippen molar-refractivity contribution in [2.24, 2.45) is 4.99 Å². The highest BCUT2D eigenvalue weighted by atomic mass is 127. The van der Waals surface area contributed by atoms with Gasteiger partial charge in [-0.3, -0.25) is 9.79 Å². The number of likely N-dealkylation sites (tertiary alicyclic amines) is 1. The fraction of sp³-hybridized carbons (Fsp3) is 0.632. The minimum atomic E-state index is -0.292. The monoisotopic (exact) mass is 504 g/mol. The average Bonchev–Trinajstić information content (AvgIpc) is 3.34. The molecule has 1 atom stereocenters. The second-order valence-electron chi connectivity index (χ2n) is 6.98. The van der Waals surface area contributed by atoms with Crippen LogP contribution in [0.15, 0.2) is 23.3 Å². The third-order valence-corrected chi connectivity index (χ3v) is 4.97. The maximum atomic E-state index is 13.9. The van der Waals surface area contributed by atoms with Crippen molar-refractivity contribution < 1.29 is 9.18 Å². The molecule has 1 unspecified atom stereocenters. The third kappa shape index (κ3) is 6.18. The summed E-state index contributed by atoms with van der Waals surface area (Å²) in [5.74, 6) is 1.00. The predicted octanol–water partition coefficient (Wildman–Crippen LogP) is 1.98. The number of anilines is 1. The number of hydrogen-bond donors (Lipinski definition) is 2. The summed E-state index contributed by atoms with van der Waals surface area (Å²) in [5.41, 5.74) is 0. The maximum absolute atomic E-state index is 13.9. The number of nitrogens with one attached hydrogen (secondary N) is 2. The van der Waals surface area contributed by atoms with Crippen molar-refractivity contribution in [2.45, 2.75) is 38.6 Å². The predicted molar refractivity (Wildman–Crippen MR) is 120 cm³/mol. The second kappa shape index (κ2) is 11.4. The van der Waals surface area contributed by atoms with Crippen LogP contribution >= 0.6 is 24.0 Å². The van der Waals surface area contributed by atoms with Gasteiger partial charge in [0.1, 0.15) is 0 Å². The van der Waals surface area contributed by atoms with E-state index in [4.69, 9.17) is 0 Å². The van der Waals surface area contributed by atoms with E-state index in [0.29, 0.717) is 31.3 Å². The van der Waals surface area contributed by atoms with Crippen LogP contribution in [0.5, 0.6) is 0 Å². The Morgan fingerprint density at radius 2 is 2.14 bits per heavy atom. The Morgan fingerprint density at radius 3 is 2.86 bits per heavy atom. The summed E-state index contributed by atoms with van der Waals surface area (Å²) >= 11 is 0. The minimum absolute atomic E-state index is 0. The first-order valence-electron chi connectivity index (χ1n) is 9.85. The minimum Gasteiger partial charge on any atom is -0.357 e. The molecule has 0 aliphatic carbocycles. The van der Waals surface area contributed by atoms with Crippen molar-refractivity contribution in [2.75, 3.05) is 44.2 Å². The Bertz CT molecular complexity index is 668. The smallest absolute Gasteiger partial charge is 0.224 e. The van der Waals surface area contributed by atoms with Crippen LogP contribution in [0.25, 0.3) is 0 Å². The quantitative estimate of drug-likeness (QED) is 0.352. The van der Waals surface area contributed by atoms with E-state index in [1.54, 1.807) is 12.3 Å². The Kier molecular flexibility index (Phi) is 9.20. The summed E-state index contributed by atoms with van der Waals surface area (Å²) in [7, 11) is 0. The lowest BCUT2D eigenvalue weighted by Crippen LogP contribution is -2.45. The van der Waals surface area contributed by atoms with Gasteiger partial charge in [0, 0.05) is 51.4 Å². The molecule has 0 spiro atoms. The van der Waals surface area contributed by atoms with Crippen molar-refractivity contribution in [3.63, 3.8) is 0 Å². The molecule has 1 amide bonds. The molecular formula is C19H30FIN6O. The molecule has 0 bridgehead atoms. The van der Waals surface area contributed by atoms with Crippen LogP contribution in [-0.2, 0) is 4.79 Å². The number of carbonyl (C=O) groups is 1. The van der Waals surface area contributed by atoms with Crippen molar-refractivity contribution in [3.05, 3.63) is 24.1 Å². The largest absolute Gasteiger partial charge is 0.357 e. The highest BCUT2D eigenvalue weighted by Crippen LogP contribution is 2.20. The average molecular weight is 504 g/mol. The van der Waals surface area contributed by atoms with Crippen molar-refractivity contribution in [1.29, 1.82) is 0 Å². The highest BCUT2D eigenvalue weighted by molar-refractivity contribution is 14.0. The van der Waals surface area contributed by atoms with Gasteiger partial charge in [0.25, 0.3) is 0 Å². The third-order valence-electron chi connectivity index (χ3n) is 4.97. The number of halogens is 2. The molecule has 9 heteroatoms. The molecule has 28 heavy (non-hydrogen) atoms. The second-order valence-corrected chi connectivity index (χ2v) is 6.98. The summed E-state index contributed by atoms with van der Waals surface area (Å²) in [4.78, 5) is 24.7. The Labute approximate surface area is 183 Å². The standard InChI is InChI=1S/C19H29FN6O.HI/c1-2-21-19(23-10-7-17(27)25-11-3-4-12-25)24-15-8-13-26(14-15)18-16(20)6-5-9-22-18;/h5-6,9,15H,2-4,7-8,10-14H2,1H3,(H2,21,23,24);1H. The molecular weight excluding hydrogens is 474 g/mol. The van der Waals surface area contributed by atoms with Crippen LogP contribution in [0.4, 0.5) is 10.2 Å². The Balaban J connectivity index is 0.00000280. The van der Waals surface area contributed by atoms with Gasteiger partial charge in [-0.25, -0.2) is 9.37 Å². The van der Waals surface area contributed by atoms with Gasteiger partial charge in [0.2, 0.25) is 5.91 Å². The normalized spacial score (nSPS) is 19.5. The zero-order valence-electron chi connectivity index (χ0n) is 16.4. The van der Waals surface area contributed by atoms with Gasteiger partial charge in [-0.2, -0.15) is 0 Å². The van der Waals surface area contributed by atoms with Gasteiger partial charge < -0.3 is 20.4 Å². The maximum Gasteiger partial charge on any atom is 0.224 e. The zero-order chi connectivity index (χ0) is 19.1. The Morgan fingerprint density at radius 1 is 1.36 bits per heavy atom. The van der Waals surface area contributed by atoms with Crippen LogP contribution in [0, 0.1) is 5.82 Å². The number of nitrogens with zero attached hydrogens (tertiary/aromatic N) is 4. The molecule has 2 fully saturated rings. The lowest BCUT2D eigenvalue weighted by molar-refractivity contribution is -0.129. The van der Waals surface area contributed by atoms with E-state index in [1.165, 1.54) is 6.07 Å². The van der Waals surface area contributed by atoms with E-state index < -0.39 is 0 Å². The molecule has 156 valence electrons. The fourth-order valence-electron chi connectivity index (χ4n) is 3.58. The molecule has 7 nitrogen and oxygen atoms in total. The number of guanidine groups is 1. The van der Waals surface area contributed by atoms with Crippen LogP contribution in [0.2, 0.25) is 0 Å². The van der Waals surface area contributed by atoms with E-state index in [1.807, 2.05) is 16.7 Å². The van der Waals surface area contributed by atoms with Crippen LogP contribution in [0.3, 0.4) is 0 Å². The highest BCUT2D eigenvalue weighted by Gasteiger charge is 2.26. The molecule has 0 saturated carbocycles. The molecule has 0 radical (unpaired) electrons. The molecule has 2 saturated heterocycles. The molecule has 2 aliphatic heterocycles. The van der Waals surface area contributed by atoms with Crippen LogP contribution < -0.4 is 15.5 Å². The number of hydrogen-bond acceptors (Lipinski definition) is 4. The molecule has 1 aromatic rings. The summed E-state index contributed by atoms with van der Waals surface area (Å²) < 4.78 is 13.9. The number of aromatic nitrogens is 1. The Hall–Kier alpha value is -1.65. The van der Waals surface area contributed by atoms with E-state index in [0.717, 1.165) is 45.4 Å². The molecule has 0 aromatic carbocycles. The number of rotatable bonds is 6. The molecule has 2 aliphatic rings. The SMILES string of the molecule is CCNC(=NCCC(=O)N1CCCC1)NC1CCN(c2ncccc2F)C1.I. The van der Waals surface area contributed by atoms with Crippen molar-refractivity contribution >= 4 is 41.7 Å². The summed E-state index contributed by atoms with van der Waals surface area (Å²) in [5, 5.41) is 6.63. The number of pyridine rings is 1. The number of amides is 1. The van der Waals surface area contributed by atoms with E-state index in [-0.39, 0.29) is 41.7 Å². The van der Waals surface area contributed by atoms with Crippen LogP contribution in [0.1, 0.15) is 32.6 Å². The van der Waals surface area contributed by atoms with E-state index in [9.17, 15) is 9.18 Å². The summed E-state index contributed by atoms with van der Waals surface area (Å²) in [6, 6.07) is 3.20. The van der Waals surface area contributed by atoms with Gasteiger partial charge in [-0.1, -0.05) is 0 Å². The summed E-state index contributed by atoms with van der Waals surface area (Å²) in [6.45, 7) is 6.40. The zero-order valence-corrected chi connectivity index (χ0v) is 18.7. The van der Waals surface area contributed by atoms with Gasteiger partial charge in [-0.15, -0.1) is 24.0 Å². The topological polar surface area (TPSA) is 72.9 Å². The first kappa shape index (κ1) is 22.6. The lowest BCUT2D eigenvalue weighted by atomic mass is 10.3. The first-order valence-corrected chi connectivity index (χ1v) is 9.85. The first-order chi connectivity index (χ1) is 13.2. The number of carbonyl (C=O) groups excluding carboxylic acids is 1. The van der Waals surface area contributed by atoms with E-state index in [2.05, 4.69) is 20.6 Å². The molecule has 3 rings (SSSR count). The molecule has 2 N–H and O–H groups in total. The van der Waals surface area contributed by atoms with Gasteiger partial charge in [0.05, 0.1) is 6.54 Å². The lowest BCUT2D eigenvalue weighted by Gasteiger charge is -2.20. The summed E-state index contributed by atoms with van der Waals surface area (Å²) in [6.07, 6.45) is 5.14. The van der Waals surface area contributed by atoms with Gasteiger partial charge in [0.15, 0.2) is 17.6 Å². The van der Waals surface area contributed by atoms with Gasteiger partial charge >= 0.3 is 0 Å². The number of aliphatic imine (C=N–C) groups is 1. The van der Waals surface area contributed by atoms with Crippen LogP contribution in [-0.4, -0.2) is 67.1 Å². The van der Waals surface area contributed by atoms with Gasteiger partial charge in [-0.05, 0) is 38.3 Å². The molecule has 1 aromatic heterocycles.